The van der Waals surface area contributed by atoms with Gasteiger partial charge in [0.25, 0.3) is 0 Å². The minimum Gasteiger partial charge on any atom is -0.462 e. The highest BCUT2D eigenvalue weighted by Gasteiger charge is 2.20. The van der Waals surface area contributed by atoms with Crippen molar-refractivity contribution in [3.8, 4) is 0 Å². The van der Waals surface area contributed by atoms with E-state index in [1.807, 2.05) is 0 Å². The number of aromatic nitrogens is 1. The zero-order chi connectivity index (χ0) is 13.4. The molecule has 0 saturated carbocycles. The van der Waals surface area contributed by atoms with Crippen molar-refractivity contribution in [2.75, 3.05) is 44.0 Å². The van der Waals surface area contributed by atoms with Crippen LogP contribution in [0.4, 0.5) is 10.8 Å². The summed E-state index contributed by atoms with van der Waals surface area (Å²) in [7, 11) is 0. The average Bonchev–Trinajstić information content (AvgIpc) is 2.71. The van der Waals surface area contributed by atoms with Crippen LogP contribution >= 0.6 is 11.5 Å². The van der Waals surface area contributed by atoms with Gasteiger partial charge < -0.3 is 25.6 Å². The van der Waals surface area contributed by atoms with Gasteiger partial charge in [-0.2, -0.15) is 4.37 Å². The van der Waals surface area contributed by atoms with Gasteiger partial charge in [-0.3, -0.25) is 0 Å². The van der Waals surface area contributed by atoms with E-state index in [1.54, 1.807) is 6.92 Å². The first-order chi connectivity index (χ1) is 8.70. The molecule has 1 aromatic rings. The minimum atomic E-state index is -0.484. The Bertz CT molecular complexity index is 383. The zero-order valence-electron chi connectivity index (χ0n) is 10.1. The normalized spacial score (nSPS) is 10.3. The zero-order valence-corrected chi connectivity index (χ0v) is 11.0. The summed E-state index contributed by atoms with van der Waals surface area (Å²) in [5.74, 6) is -0.320. The molecule has 0 aliphatic carbocycles. The Morgan fingerprint density at radius 3 is 3.00 bits per heavy atom. The molecule has 18 heavy (non-hydrogen) atoms. The standard InChI is InChI=1S/C10H17N3O4S/c1-2-17-10(15)7-8(11)13-18-9(7)12-3-5-16-6-4-14/h12,14H,2-6H2,1H3,(H2,11,13). The molecular weight excluding hydrogens is 258 g/mol. The van der Waals surface area contributed by atoms with Crippen molar-refractivity contribution >= 4 is 28.3 Å². The molecule has 0 spiro atoms. The van der Waals surface area contributed by atoms with Crippen molar-refractivity contribution in [1.82, 2.24) is 4.37 Å². The molecule has 0 unspecified atom stereocenters. The van der Waals surface area contributed by atoms with E-state index < -0.39 is 5.97 Å². The maximum atomic E-state index is 11.6. The SMILES string of the molecule is CCOC(=O)c1c(N)nsc1NCCOCCO. The number of esters is 1. The summed E-state index contributed by atoms with van der Waals surface area (Å²) >= 11 is 1.10. The number of nitrogens with zero attached hydrogens (tertiary/aromatic N) is 1. The summed E-state index contributed by atoms with van der Waals surface area (Å²) in [6.07, 6.45) is 0. The maximum absolute atomic E-state index is 11.6. The number of nitrogens with one attached hydrogen (secondary N) is 1. The number of ether oxygens (including phenoxy) is 2. The monoisotopic (exact) mass is 275 g/mol. The molecular formula is C10H17N3O4S. The molecule has 0 aliphatic heterocycles. The summed E-state index contributed by atoms with van der Waals surface area (Å²) in [6, 6.07) is 0. The van der Waals surface area contributed by atoms with Crippen LogP contribution < -0.4 is 11.1 Å². The maximum Gasteiger partial charge on any atom is 0.344 e. The Labute approximate surface area is 109 Å². The number of nitrogen functional groups attached to an aromatic ring is 1. The molecule has 0 fully saturated rings. The lowest BCUT2D eigenvalue weighted by atomic mass is 10.3. The van der Waals surface area contributed by atoms with Gasteiger partial charge in [0.15, 0.2) is 5.82 Å². The molecule has 0 atom stereocenters. The molecule has 0 bridgehead atoms. The predicted octanol–water partition coefficient (Wildman–Crippen LogP) is 0.323. The number of carbonyl (C=O) groups excluding carboxylic acids is 1. The second kappa shape index (κ2) is 7.85. The van der Waals surface area contributed by atoms with Crippen molar-refractivity contribution in [2.24, 2.45) is 0 Å². The van der Waals surface area contributed by atoms with Crippen LogP contribution in [0.1, 0.15) is 17.3 Å². The Morgan fingerprint density at radius 1 is 1.56 bits per heavy atom. The number of anilines is 2. The van der Waals surface area contributed by atoms with Gasteiger partial charge in [0.1, 0.15) is 10.6 Å². The first kappa shape index (κ1) is 14.7. The summed E-state index contributed by atoms with van der Waals surface area (Å²) in [6.45, 7) is 3.20. The second-order valence-electron chi connectivity index (χ2n) is 3.26. The van der Waals surface area contributed by atoms with Gasteiger partial charge in [-0.15, -0.1) is 0 Å². The first-order valence-corrected chi connectivity index (χ1v) is 6.32. The lowest BCUT2D eigenvalue weighted by Crippen LogP contribution is -2.14. The van der Waals surface area contributed by atoms with Crippen LogP contribution in [0.2, 0.25) is 0 Å². The van der Waals surface area contributed by atoms with Crippen LogP contribution in [-0.4, -0.2) is 48.4 Å². The Hall–Kier alpha value is -1.38. The number of aliphatic hydroxyl groups excluding tert-OH is 1. The third-order valence-electron chi connectivity index (χ3n) is 1.97. The first-order valence-electron chi connectivity index (χ1n) is 5.55. The second-order valence-corrected chi connectivity index (χ2v) is 4.03. The quantitative estimate of drug-likeness (QED) is 0.463. The van der Waals surface area contributed by atoms with E-state index in [-0.39, 0.29) is 31.2 Å². The molecule has 0 amide bonds. The van der Waals surface area contributed by atoms with Crippen molar-refractivity contribution in [1.29, 1.82) is 0 Å². The number of hydrogen-bond acceptors (Lipinski definition) is 8. The smallest absolute Gasteiger partial charge is 0.344 e. The largest absolute Gasteiger partial charge is 0.462 e. The third kappa shape index (κ3) is 4.13. The van der Waals surface area contributed by atoms with Gasteiger partial charge in [-0.05, 0) is 18.5 Å². The molecule has 102 valence electrons. The molecule has 0 radical (unpaired) electrons. The van der Waals surface area contributed by atoms with E-state index in [2.05, 4.69) is 9.69 Å². The van der Waals surface area contributed by atoms with E-state index in [1.165, 1.54) is 0 Å². The lowest BCUT2D eigenvalue weighted by molar-refractivity contribution is 0.0529. The number of aliphatic hydroxyl groups is 1. The van der Waals surface area contributed by atoms with Gasteiger partial charge in [0.2, 0.25) is 0 Å². The van der Waals surface area contributed by atoms with Crippen molar-refractivity contribution in [3.63, 3.8) is 0 Å². The van der Waals surface area contributed by atoms with Crippen LogP contribution in [0.5, 0.6) is 0 Å². The molecule has 0 aliphatic rings. The van der Waals surface area contributed by atoms with E-state index >= 15 is 0 Å². The van der Waals surface area contributed by atoms with E-state index in [0.29, 0.717) is 18.2 Å². The van der Waals surface area contributed by atoms with Gasteiger partial charge in [0.05, 0.1) is 26.4 Å². The van der Waals surface area contributed by atoms with Crippen LogP contribution in [0, 0.1) is 0 Å². The highest BCUT2D eigenvalue weighted by molar-refractivity contribution is 7.11. The highest BCUT2D eigenvalue weighted by Crippen LogP contribution is 2.27. The molecule has 1 aromatic heterocycles. The summed E-state index contributed by atoms with van der Waals surface area (Å²) < 4.78 is 13.9. The Kier molecular flexibility index (Phi) is 6.40. The van der Waals surface area contributed by atoms with Crippen molar-refractivity contribution in [3.05, 3.63) is 5.56 Å². The van der Waals surface area contributed by atoms with Gasteiger partial charge >= 0.3 is 5.97 Å². The summed E-state index contributed by atoms with van der Waals surface area (Å²) in [5, 5.41) is 12.1. The fourth-order valence-corrected chi connectivity index (χ4v) is 1.95. The van der Waals surface area contributed by atoms with E-state index in [9.17, 15) is 4.79 Å². The molecule has 8 heteroatoms. The molecule has 0 saturated heterocycles. The molecule has 0 aromatic carbocycles. The van der Waals surface area contributed by atoms with Crippen LogP contribution in [0.3, 0.4) is 0 Å². The van der Waals surface area contributed by atoms with Crippen LogP contribution in [0.15, 0.2) is 0 Å². The molecule has 1 heterocycles. The predicted molar refractivity (Wildman–Crippen MR) is 68.9 cm³/mol. The minimum absolute atomic E-state index is 0.0123. The Balaban J connectivity index is 2.52. The summed E-state index contributed by atoms with van der Waals surface area (Å²) in [5.41, 5.74) is 5.89. The fourth-order valence-electron chi connectivity index (χ4n) is 1.23. The van der Waals surface area contributed by atoms with Gasteiger partial charge in [0, 0.05) is 6.54 Å². The number of hydrogen-bond donors (Lipinski definition) is 3. The van der Waals surface area contributed by atoms with Gasteiger partial charge in [-0.1, -0.05) is 0 Å². The van der Waals surface area contributed by atoms with Crippen LogP contribution in [0.25, 0.3) is 0 Å². The molecule has 4 N–H and O–H groups in total. The lowest BCUT2D eigenvalue weighted by Gasteiger charge is -2.06. The van der Waals surface area contributed by atoms with E-state index in [4.69, 9.17) is 20.3 Å². The number of carbonyl (C=O) groups is 1. The van der Waals surface area contributed by atoms with Crippen molar-refractivity contribution < 1.29 is 19.4 Å². The molecule has 1 rings (SSSR count). The number of rotatable bonds is 8. The van der Waals surface area contributed by atoms with E-state index in [0.717, 1.165) is 11.5 Å². The fraction of sp³-hybridized carbons (Fsp3) is 0.600. The topological polar surface area (TPSA) is 107 Å². The average molecular weight is 275 g/mol. The highest BCUT2D eigenvalue weighted by atomic mass is 32.1. The van der Waals surface area contributed by atoms with Crippen molar-refractivity contribution in [2.45, 2.75) is 6.92 Å². The molecule has 7 nitrogen and oxygen atoms in total. The third-order valence-corrected chi connectivity index (χ3v) is 2.78. The Morgan fingerprint density at radius 2 is 2.33 bits per heavy atom. The van der Waals surface area contributed by atoms with Gasteiger partial charge in [-0.25, -0.2) is 4.79 Å². The number of nitrogens with two attached hydrogens (primary N) is 1. The van der Waals surface area contributed by atoms with Crippen LogP contribution in [-0.2, 0) is 9.47 Å². The summed E-state index contributed by atoms with van der Waals surface area (Å²) in [4.78, 5) is 11.6.